The number of amides is 2. The Morgan fingerprint density at radius 3 is 2.55 bits per heavy atom. The van der Waals surface area contributed by atoms with E-state index < -0.39 is 0 Å². The van der Waals surface area contributed by atoms with Crippen molar-refractivity contribution in [2.24, 2.45) is 11.8 Å². The monoisotopic (exact) mass is 274 g/mol. The first kappa shape index (κ1) is 13.1. The van der Waals surface area contributed by atoms with Crippen LogP contribution in [0, 0.1) is 11.8 Å². The molecule has 1 fully saturated rings. The summed E-state index contributed by atoms with van der Waals surface area (Å²) in [5.41, 5.74) is 4.87. The Hall–Kier alpha value is -1.88. The number of aryl methyl sites for hydroxylation is 1. The van der Waals surface area contributed by atoms with Crippen molar-refractivity contribution in [2.75, 3.05) is 5.32 Å². The Morgan fingerprint density at radius 1 is 1.05 bits per heavy atom. The molecule has 0 saturated heterocycles. The van der Waals surface area contributed by atoms with Crippen LogP contribution >= 0.6 is 0 Å². The summed E-state index contributed by atoms with van der Waals surface area (Å²) in [5.74, 6) is -0.178. The van der Waals surface area contributed by atoms with Crippen molar-refractivity contribution in [2.45, 2.75) is 32.1 Å². The second-order valence-electron chi connectivity index (χ2n) is 5.66. The molecular formula is C15H18N2O3. The molecule has 5 nitrogen and oxygen atoms in total. The molecule has 1 unspecified atom stereocenters. The Kier molecular flexibility index (Phi) is 3.44. The van der Waals surface area contributed by atoms with E-state index in [1.807, 2.05) is 18.2 Å². The average Bonchev–Trinajstić information content (AvgIpc) is 3.30. The zero-order valence-corrected chi connectivity index (χ0v) is 11.2. The number of carbonyl (C=O) groups is 2. The Morgan fingerprint density at radius 2 is 1.85 bits per heavy atom. The second kappa shape index (κ2) is 5.25. The molecule has 1 aromatic carbocycles. The van der Waals surface area contributed by atoms with E-state index in [-0.39, 0.29) is 23.7 Å². The number of anilines is 1. The molecule has 0 radical (unpaired) electrons. The molecule has 106 valence electrons. The molecule has 1 saturated carbocycles. The van der Waals surface area contributed by atoms with E-state index in [2.05, 4.69) is 5.32 Å². The quantitative estimate of drug-likeness (QED) is 0.579. The van der Waals surface area contributed by atoms with Gasteiger partial charge in [-0.15, -0.1) is 0 Å². The van der Waals surface area contributed by atoms with Crippen molar-refractivity contribution in [3.8, 4) is 0 Å². The normalized spacial score (nSPS) is 20.9. The lowest BCUT2D eigenvalue weighted by atomic mass is 9.83. The van der Waals surface area contributed by atoms with Crippen LogP contribution in [0.4, 0.5) is 5.69 Å². The van der Waals surface area contributed by atoms with E-state index in [1.54, 1.807) is 5.48 Å². The first-order chi connectivity index (χ1) is 9.67. The molecule has 0 heterocycles. The molecule has 0 aliphatic heterocycles. The molecule has 1 aromatic rings. The molecule has 1 atom stereocenters. The summed E-state index contributed by atoms with van der Waals surface area (Å²) < 4.78 is 0. The molecule has 5 heteroatoms. The maximum atomic E-state index is 11.7. The van der Waals surface area contributed by atoms with E-state index in [0.29, 0.717) is 6.42 Å². The Labute approximate surface area is 117 Å². The zero-order chi connectivity index (χ0) is 14.1. The lowest BCUT2D eigenvalue weighted by Crippen LogP contribution is -2.31. The second-order valence-corrected chi connectivity index (χ2v) is 5.66. The maximum absolute atomic E-state index is 11.7. The largest absolute Gasteiger partial charge is 0.326 e. The summed E-state index contributed by atoms with van der Waals surface area (Å²) in [6, 6.07) is 5.86. The average molecular weight is 274 g/mol. The van der Waals surface area contributed by atoms with Crippen LogP contribution in [0.1, 0.15) is 30.4 Å². The highest BCUT2D eigenvalue weighted by Gasteiger charge is 2.30. The molecule has 3 rings (SSSR count). The summed E-state index contributed by atoms with van der Waals surface area (Å²) >= 11 is 0. The van der Waals surface area contributed by atoms with Crippen LogP contribution in [0.25, 0.3) is 0 Å². The zero-order valence-electron chi connectivity index (χ0n) is 11.2. The van der Waals surface area contributed by atoms with Gasteiger partial charge in [-0.25, -0.2) is 5.48 Å². The van der Waals surface area contributed by atoms with E-state index in [0.717, 1.165) is 36.9 Å². The van der Waals surface area contributed by atoms with Crippen molar-refractivity contribution < 1.29 is 14.8 Å². The van der Waals surface area contributed by atoms with Gasteiger partial charge in [-0.05, 0) is 55.4 Å². The molecule has 3 N–H and O–H groups in total. The van der Waals surface area contributed by atoms with Gasteiger partial charge in [-0.2, -0.15) is 0 Å². The third-order valence-corrected chi connectivity index (χ3v) is 4.13. The van der Waals surface area contributed by atoms with Gasteiger partial charge in [0, 0.05) is 17.5 Å². The summed E-state index contributed by atoms with van der Waals surface area (Å²) in [4.78, 5) is 23.2. The standard InChI is InChI=1S/C15H18N2O3/c18-14(9-1-2-9)16-13-6-5-10-7-12(15(19)17-20)4-3-11(10)8-13/h5-6,8-9,12,20H,1-4,7H2,(H,16,18)(H,17,19). The van der Waals surface area contributed by atoms with Crippen LogP contribution in [0.5, 0.6) is 0 Å². The predicted molar refractivity (Wildman–Crippen MR) is 73.2 cm³/mol. The third kappa shape index (κ3) is 2.67. The summed E-state index contributed by atoms with van der Waals surface area (Å²) in [6.45, 7) is 0. The molecule has 2 amide bonds. The van der Waals surface area contributed by atoms with Crippen LogP contribution < -0.4 is 10.8 Å². The number of hydroxylamine groups is 1. The van der Waals surface area contributed by atoms with Gasteiger partial charge in [-0.1, -0.05) is 6.07 Å². The molecule has 0 spiro atoms. The number of benzene rings is 1. The van der Waals surface area contributed by atoms with Crippen molar-refractivity contribution >= 4 is 17.5 Å². The lowest BCUT2D eigenvalue weighted by Gasteiger charge is -2.23. The van der Waals surface area contributed by atoms with Crippen molar-refractivity contribution in [1.29, 1.82) is 0 Å². The fraction of sp³-hybridized carbons (Fsp3) is 0.467. The lowest BCUT2D eigenvalue weighted by molar-refractivity contribution is -0.133. The molecule has 20 heavy (non-hydrogen) atoms. The van der Waals surface area contributed by atoms with E-state index >= 15 is 0 Å². The summed E-state index contributed by atoms with van der Waals surface area (Å²) in [6.07, 6.45) is 4.14. The maximum Gasteiger partial charge on any atom is 0.246 e. The first-order valence-corrected chi connectivity index (χ1v) is 7.04. The summed E-state index contributed by atoms with van der Waals surface area (Å²) in [5, 5.41) is 11.6. The van der Waals surface area contributed by atoms with Gasteiger partial charge in [-0.3, -0.25) is 14.8 Å². The smallest absolute Gasteiger partial charge is 0.246 e. The van der Waals surface area contributed by atoms with Crippen molar-refractivity contribution in [1.82, 2.24) is 5.48 Å². The SMILES string of the molecule is O=C(NO)C1CCc2cc(NC(=O)C3CC3)ccc2C1. The highest BCUT2D eigenvalue weighted by Crippen LogP contribution is 2.31. The van der Waals surface area contributed by atoms with Gasteiger partial charge in [0.25, 0.3) is 0 Å². The number of hydrogen-bond acceptors (Lipinski definition) is 3. The van der Waals surface area contributed by atoms with Gasteiger partial charge in [0.2, 0.25) is 11.8 Å². The van der Waals surface area contributed by atoms with Gasteiger partial charge >= 0.3 is 0 Å². The fourth-order valence-corrected chi connectivity index (χ4v) is 2.74. The minimum Gasteiger partial charge on any atom is -0.326 e. The van der Waals surface area contributed by atoms with Crippen molar-refractivity contribution in [3.63, 3.8) is 0 Å². The molecule has 2 aliphatic carbocycles. The minimum atomic E-state index is -0.318. The van der Waals surface area contributed by atoms with Crippen LogP contribution in [-0.2, 0) is 22.4 Å². The van der Waals surface area contributed by atoms with Gasteiger partial charge in [0.15, 0.2) is 0 Å². The Balaban J connectivity index is 1.71. The van der Waals surface area contributed by atoms with Crippen LogP contribution in [0.2, 0.25) is 0 Å². The number of rotatable bonds is 3. The van der Waals surface area contributed by atoms with Crippen LogP contribution in [0.3, 0.4) is 0 Å². The third-order valence-electron chi connectivity index (χ3n) is 4.13. The van der Waals surface area contributed by atoms with Gasteiger partial charge in [0.05, 0.1) is 0 Å². The van der Waals surface area contributed by atoms with Gasteiger partial charge < -0.3 is 5.32 Å². The molecule has 0 bridgehead atoms. The highest BCUT2D eigenvalue weighted by atomic mass is 16.5. The molecule has 2 aliphatic rings. The fourth-order valence-electron chi connectivity index (χ4n) is 2.74. The molecular weight excluding hydrogens is 256 g/mol. The predicted octanol–water partition coefficient (Wildman–Crippen LogP) is 1.65. The first-order valence-electron chi connectivity index (χ1n) is 7.04. The van der Waals surface area contributed by atoms with Crippen molar-refractivity contribution in [3.05, 3.63) is 29.3 Å². The van der Waals surface area contributed by atoms with Crippen LogP contribution in [0.15, 0.2) is 18.2 Å². The highest BCUT2D eigenvalue weighted by molar-refractivity contribution is 5.94. The number of nitrogens with one attached hydrogen (secondary N) is 2. The van der Waals surface area contributed by atoms with E-state index in [4.69, 9.17) is 5.21 Å². The summed E-state index contributed by atoms with van der Waals surface area (Å²) in [7, 11) is 0. The Bertz CT molecular complexity index is 552. The van der Waals surface area contributed by atoms with E-state index in [9.17, 15) is 9.59 Å². The number of carbonyl (C=O) groups excluding carboxylic acids is 2. The van der Waals surface area contributed by atoms with Crippen LogP contribution in [-0.4, -0.2) is 17.0 Å². The van der Waals surface area contributed by atoms with E-state index in [1.165, 1.54) is 5.56 Å². The number of fused-ring (bicyclic) bond motifs is 1. The number of hydrogen-bond donors (Lipinski definition) is 3. The van der Waals surface area contributed by atoms with Gasteiger partial charge in [0.1, 0.15) is 0 Å². The topological polar surface area (TPSA) is 78.4 Å². The molecule has 0 aromatic heterocycles. The minimum absolute atomic E-state index is 0.110.